The summed E-state index contributed by atoms with van der Waals surface area (Å²) in [5.41, 5.74) is 1.60. The van der Waals surface area contributed by atoms with Crippen LogP contribution in [0.2, 0.25) is 0 Å². The molecule has 2 aromatic carbocycles. The molecule has 2 amide bonds. The number of likely N-dealkylation sites (N-methyl/N-ethyl adjacent to an activating group) is 1. The van der Waals surface area contributed by atoms with Gasteiger partial charge in [0.25, 0.3) is 11.8 Å². The van der Waals surface area contributed by atoms with E-state index in [1.54, 1.807) is 24.3 Å². The fourth-order valence-corrected chi connectivity index (χ4v) is 3.28. The zero-order valence-corrected chi connectivity index (χ0v) is 14.0. The summed E-state index contributed by atoms with van der Waals surface area (Å²) < 4.78 is 0.785. The van der Waals surface area contributed by atoms with E-state index in [9.17, 15) is 9.59 Å². The van der Waals surface area contributed by atoms with E-state index in [4.69, 9.17) is 7.85 Å². The largest absolute Gasteiger partial charge is 0.308 e. The van der Waals surface area contributed by atoms with E-state index in [-0.39, 0.29) is 11.8 Å². The number of hydrogen-bond donors (Lipinski definition) is 0. The average Bonchev–Trinajstić information content (AvgIpc) is 2.46. The first kappa shape index (κ1) is 15.2. The third kappa shape index (κ3) is 2.27. The number of amides is 2. The lowest BCUT2D eigenvalue weighted by Crippen LogP contribution is -2.44. The van der Waals surface area contributed by atoms with Crippen molar-refractivity contribution in [2.24, 2.45) is 0 Å². The molecule has 110 valence electrons. The fourth-order valence-electron chi connectivity index (χ4n) is 2.72. The lowest BCUT2D eigenvalue weighted by molar-refractivity contribution is 0.0601. The minimum atomic E-state index is -0.262. The monoisotopic (exact) mass is 356 g/mol. The number of rotatable bonds is 3. The molecule has 1 aliphatic heterocycles. The number of benzene rings is 2. The summed E-state index contributed by atoms with van der Waals surface area (Å²) in [6.07, 6.45) is 0. The number of halogens is 1. The van der Waals surface area contributed by atoms with Gasteiger partial charge in [0, 0.05) is 34.1 Å². The Morgan fingerprint density at radius 2 is 1.64 bits per heavy atom. The first-order valence-corrected chi connectivity index (χ1v) is 7.72. The Labute approximate surface area is 138 Å². The number of carbonyl (C=O) groups is 2. The molecule has 0 saturated carbocycles. The molecule has 22 heavy (non-hydrogen) atoms. The van der Waals surface area contributed by atoms with Crippen molar-refractivity contribution in [3.8, 4) is 0 Å². The standard InChI is InChI=1S/C16H14BBrN2O2/c1-19(2)7-8-20-15(21)9-3-5-11(17)14-12(18)6-4-10(13(9)14)16(20)22/h3-6H,7-8H2,1-2H3. The van der Waals surface area contributed by atoms with Crippen LogP contribution in [0.4, 0.5) is 0 Å². The van der Waals surface area contributed by atoms with Crippen LogP contribution in [-0.4, -0.2) is 56.6 Å². The van der Waals surface area contributed by atoms with Crippen LogP contribution in [-0.2, 0) is 0 Å². The number of hydrogen-bond acceptors (Lipinski definition) is 3. The maximum absolute atomic E-state index is 12.7. The van der Waals surface area contributed by atoms with Crippen LogP contribution < -0.4 is 5.46 Å². The normalized spacial score (nSPS) is 14.3. The van der Waals surface area contributed by atoms with Gasteiger partial charge in [-0.2, -0.15) is 0 Å². The van der Waals surface area contributed by atoms with Gasteiger partial charge in [-0.3, -0.25) is 14.5 Å². The van der Waals surface area contributed by atoms with E-state index in [0.29, 0.717) is 35.1 Å². The molecule has 1 aliphatic rings. The lowest BCUT2D eigenvalue weighted by Gasteiger charge is -2.28. The lowest BCUT2D eigenvalue weighted by atomic mass is 9.84. The highest BCUT2D eigenvalue weighted by Gasteiger charge is 2.33. The molecule has 0 spiro atoms. The highest BCUT2D eigenvalue weighted by atomic mass is 79.9. The zero-order valence-electron chi connectivity index (χ0n) is 12.4. The maximum atomic E-state index is 12.7. The van der Waals surface area contributed by atoms with Crippen molar-refractivity contribution in [3.63, 3.8) is 0 Å². The van der Waals surface area contributed by atoms with Crippen LogP contribution in [0.25, 0.3) is 10.8 Å². The molecule has 1 heterocycles. The van der Waals surface area contributed by atoms with Crippen molar-refractivity contribution in [1.82, 2.24) is 9.80 Å². The zero-order chi connectivity index (χ0) is 16.0. The maximum Gasteiger partial charge on any atom is 0.261 e. The highest BCUT2D eigenvalue weighted by molar-refractivity contribution is 9.10. The molecule has 6 heteroatoms. The molecule has 2 aromatic rings. The van der Waals surface area contributed by atoms with E-state index in [1.807, 2.05) is 19.0 Å². The summed E-state index contributed by atoms with van der Waals surface area (Å²) in [5.74, 6) is -0.523. The summed E-state index contributed by atoms with van der Waals surface area (Å²) in [6.45, 7) is 0.994. The van der Waals surface area contributed by atoms with E-state index < -0.39 is 0 Å². The molecule has 0 bridgehead atoms. The van der Waals surface area contributed by atoms with Crippen LogP contribution in [0.5, 0.6) is 0 Å². The minimum absolute atomic E-state index is 0.262. The molecule has 0 atom stereocenters. The predicted molar refractivity (Wildman–Crippen MR) is 91.0 cm³/mol. The van der Waals surface area contributed by atoms with E-state index in [1.165, 1.54) is 4.90 Å². The van der Waals surface area contributed by atoms with Gasteiger partial charge in [-0.25, -0.2) is 0 Å². The number of carbonyl (C=O) groups excluding carboxylic acids is 2. The fraction of sp³-hybridized carbons (Fsp3) is 0.250. The van der Waals surface area contributed by atoms with Gasteiger partial charge < -0.3 is 4.90 Å². The van der Waals surface area contributed by atoms with Crippen LogP contribution in [0, 0.1) is 0 Å². The van der Waals surface area contributed by atoms with Crippen LogP contribution in [0.3, 0.4) is 0 Å². The van der Waals surface area contributed by atoms with Gasteiger partial charge >= 0.3 is 0 Å². The van der Waals surface area contributed by atoms with Crippen molar-refractivity contribution >= 4 is 51.8 Å². The Morgan fingerprint density at radius 3 is 2.23 bits per heavy atom. The second-order valence-electron chi connectivity index (χ2n) is 5.61. The smallest absolute Gasteiger partial charge is 0.261 e. The van der Waals surface area contributed by atoms with Gasteiger partial charge in [-0.15, -0.1) is 0 Å². The molecular formula is C16H14BBrN2O2. The van der Waals surface area contributed by atoms with Crippen molar-refractivity contribution in [3.05, 3.63) is 39.9 Å². The molecular weight excluding hydrogens is 343 g/mol. The second kappa shape index (κ2) is 5.52. The molecule has 4 nitrogen and oxygen atoms in total. The number of nitrogens with zero attached hydrogens (tertiary/aromatic N) is 2. The number of imide groups is 1. The van der Waals surface area contributed by atoms with Crippen molar-refractivity contribution < 1.29 is 9.59 Å². The minimum Gasteiger partial charge on any atom is -0.308 e. The third-order valence-electron chi connectivity index (χ3n) is 3.86. The van der Waals surface area contributed by atoms with Crippen LogP contribution in [0.15, 0.2) is 28.7 Å². The van der Waals surface area contributed by atoms with Gasteiger partial charge in [0.1, 0.15) is 7.85 Å². The highest BCUT2D eigenvalue weighted by Crippen LogP contribution is 2.33. The summed E-state index contributed by atoms with van der Waals surface area (Å²) in [7, 11) is 9.84. The van der Waals surface area contributed by atoms with E-state index >= 15 is 0 Å². The SMILES string of the molecule is [B]c1ccc2c3c(ccc(Br)c13)C(=O)N(CCN(C)C)C2=O. The van der Waals surface area contributed by atoms with E-state index in [0.717, 1.165) is 9.86 Å². The molecule has 0 unspecified atom stereocenters. The Balaban J connectivity index is 2.20. The summed E-state index contributed by atoms with van der Waals surface area (Å²) in [4.78, 5) is 28.6. The molecule has 0 saturated heterocycles. The molecule has 0 aromatic heterocycles. The van der Waals surface area contributed by atoms with Crippen molar-refractivity contribution in [2.75, 3.05) is 27.2 Å². The topological polar surface area (TPSA) is 40.6 Å². The van der Waals surface area contributed by atoms with Crippen LogP contribution >= 0.6 is 15.9 Å². The first-order chi connectivity index (χ1) is 10.4. The van der Waals surface area contributed by atoms with Gasteiger partial charge in [-0.1, -0.05) is 27.5 Å². The van der Waals surface area contributed by atoms with Gasteiger partial charge in [0.2, 0.25) is 0 Å². The molecule has 0 aliphatic carbocycles. The Hall–Kier alpha value is -1.66. The average molecular weight is 357 g/mol. The van der Waals surface area contributed by atoms with Gasteiger partial charge in [0.05, 0.1) is 0 Å². The van der Waals surface area contributed by atoms with Gasteiger partial charge in [-0.05, 0) is 37.7 Å². The van der Waals surface area contributed by atoms with Crippen molar-refractivity contribution in [1.29, 1.82) is 0 Å². The molecule has 2 radical (unpaired) electrons. The molecule has 3 rings (SSSR count). The Kier molecular flexibility index (Phi) is 3.83. The molecule has 0 fully saturated rings. The van der Waals surface area contributed by atoms with E-state index in [2.05, 4.69) is 15.9 Å². The summed E-state index contributed by atoms with van der Waals surface area (Å²) in [6, 6.07) is 6.96. The summed E-state index contributed by atoms with van der Waals surface area (Å²) in [5, 5.41) is 1.37. The predicted octanol–water partition coefficient (Wildman–Crippen LogP) is 1.55. The van der Waals surface area contributed by atoms with Crippen LogP contribution in [0.1, 0.15) is 20.7 Å². The Morgan fingerprint density at radius 1 is 1.05 bits per heavy atom. The molecule has 0 N–H and O–H groups in total. The summed E-state index contributed by atoms with van der Waals surface area (Å²) >= 11 is 3.45. The van der Waals surface area contributed by atoms with Crippen molar-refractivity contribution in [2.45, 2.75) is 0 Å². The third-order valence-corrected chi connectivity index (χ3v) is 4.52. The Bertz CT molecular complexity index is 748. The second-order valence-corrected chi connectivity index (χ2v) is 6.47. The first-order valence-electron chi connectivity index (χ1n) is 6.93. The quantitative estimate of drug-likeness (QED) is 0.619. The van der Waals surface area contributed by atoms with Gasteiger partial charge in [0.15, 0.2) is 0 Å².